The van der Waals surface area contributed by atoms with Crippen LogP contribution in [0.3, 0.4) is 0 Å². The van der Waals surface area contributed by atoms with Crippen LogP contribution in [-0.4, -0.2) is 11.4 Å². The predicted molar refractivity (Wildman–Crippen MR) is 83.7 cm³/mol. The number of hydrogen-bond acceptors (Lipinski definition) is 3. The number of phenols is 1. The standard InChI is InChI=1S/C17H14O2S/c1-2-11-7-12(8-13(9-18)17(11)19)15-10-20-16-6-4-3-5-14(15)16/h3-10,19H,2H2,1H3. The van der Waals surface area contributed by atoms with Gasteiger partial charge in [-0.1, -0.05) is 25.1 Å². The average Bonchev–Trinajstić information content (AvgIpc) is 2.91. The molecule has 2 nitrogen and oxygen atoms in total. The molecule has 0 aliphatic carbocycles. The van der Waals surface area contributed by atoms with Crippen LogP contribution in [0.25, 0.3) is 21.2 Å². The van der Waals surface area contributed by atoms with Gasteiger partial charge in [-0.05, 0) is 41.1 Å². The fourth-order valence-corrected chi connectivity index (χ4v) is 3.41. The van der Waals surface area contributed by atoms with Crippen molar-refractivity contribution in [3.05, 3.63) is 52.9 Å². The number of carbonyl (C=O) groups excluding carboxylic acids is 1. The summed E-state index contributed by atoms with van der Waals surface area (Å²) in [5.41, 5.74) is 3.26. The summed E-state index contributed by atoms with van der Waals surface area (Å²) in [5, 5.41) is 13.3. The topological polar surface area (TPSA) is 37.3 Å². The van der Waals surface area contributed by atoms with Gasteiger partial charge in [-0.3, -0.25) is 4.79 Å². The molecule has 1 N–H and O–H groups in total. The molecule has 2 aromatic carbocycles. The molecule has 0 saturated heterocycles. The van der Waals surface area contributed by atoms with Gasteiger partial charge in [-0.25, -0.2) is 0 Å². The Kier molecular flexibility index (Phi) is 3.28. The highest BCUT2D eigenvalue weighted by Gasteiger charge is 2.12. The molecule has 0 atom stereocenters. The predicted octanol–water partition coefficient (Wildman–Crippen LogP) is 4.65. The van der Waals surface area contributed by atoms with Gasteiger partial charge in [-0.15, -0.1) is 11.3 Å². The fourth-order valence-electron chi connectivity index (χ4n) is 2.44. The molecule has 3 aromatic rings. The highest BCUT2D eigenvalue weighted by atomic mass is 32.1. The first-order chi connectivity index (χ1) is 9.74. The Morgan fingerprint density at radius 2 is 2.05 bits per heavy atom. The molecule has 20 heavy (non-hydrogen) atoms. The molecule has 0 amide bonds. The van der Waals surface area contributed by atoms with E-state index >= 15 is 0 Å². The van der Waals surface area contributed by atoms with Crippen molar-refractivity contribution in [2.75, 3.05) is 0 Å². The van der Waals surface area contributed by atoms with Crippen LogP contribution in [0.4, 0.5) is 0 Å². The average molecular weight is 282 g/mol. The normalized spacial score (nSPS) is 10.8. The zero-order valence-electron chi connectivity index (χ0n) is 11.1. The Labute approximate surface area is 121 Å². The second-order valence-electron chi connectivity index (χ2n) is 4.69. The third kappa shape index (κ3) is 2.00. The molecule has 0 bridgehead atoms. The monoisotopic (exact) mass is 282 g/mol. The van der Waals surface area contributed by atoms with Gasteiger partial charge in [0.1, 0.15) is 5.75 Å². The molecule has 0 spiro atoms. The Morgan fingerprint density at radius 3 is 2.80 bits per heavy atom. The van der Waals surface area contributed by atoms with E-state index in [9.17, 15) is 9.90 Å². The lowest BCUT2D eigenvalue weighted by molar-refractivity contribution is 0.112. The van der Waals surface area contributed by atoms with E-state index in [1.54, 1.807) is 17.4 Å². The zero-order valence-corrected chi connectivity index (χ0v) is 11.9. The van der Waals surface area contributed by atoms with E-state index in [0.29, 0.717) is 18.3 Å². The number of rotatable bonds is 3. The Balaban J connectivity index is 2.26. The van der Waals surface area contributed by atoms with Crippen LogP contribution in [0, 0.1) is 0 Å². The maximum atomic E-state index is 11.1. The van der Waals surface area contributed by atoms with Gasteiger partial charge < -0.3 is 5.11 Å². The van der Waals surface area contributed by atoms with Crippen molar-refractivity contribution in [2.24, 2.45) is 0 Å². The van der Waals surface area contributed by atoms with Gasteiger partial charge >= 0.3 is 0 Å². The summed E-state index contributed by atoms with van der Waals surface area (Å²) >= 11 is 1.69. The van der Waals surface area contributed by atoms with E-state index in [1.165, 1.54) is 10.1 Å². The summed E-state index contributed by atoms with van der Waals surface area (Å²) in [6.45, 7) is 1.97. The largest absolute Gasteiger partial charge is 0.507 e. The summed E-state index contributed by atoms with van der Waals surface area (Å²) in [7, 11) is 0. The molecule has 1 aromatic heterocycles. The number of aromatic hydroxyl groups is 1. The summed E-state index contributed by atoms with van der Waals surface area (Å²) in [5.74, 6) is 0.103. The highest BCUT2D eigenvalue weighted by molar-refractivity contribution is 7.17. The molecule has 3 rings (SSSR count). The minimum atomic E-state index is 0.103. The maximum Gasteiger partial charge on any atom is 0.153 e. The molecule has 100 valence electrons. The lowest BCUT2D eigenvalue weighted by Gasteiger charge is -2.08. The lowest BCUT2D eigenvalue weighted by Crippen LogP contribution is -1.90. The summed E-state index contributed by atoms with van der Waals surface area (Å²) in [6.07, 6.45) is 1.41. The third-order valence-corrected chi connectivity index (χ3v) is 4.48. The molecular weight excluding hydrogens is 268 g/mol. The number of thiophene rings is 1. The first kappa shape index (κ1) is 12.9. The molecule has 0 radical (unpaired) electrons. The third-order valence-electron chi connectivity index (χ3n) is 3.52. The highest BCUT2D eigenvalue weighted by Crippen LogP contribution is 2.36. The van der Waals surface area contributed by atoms with Gasteiger partial charge in [0, 0.05) is 15.6 Å². The van der Waals surface area contributed by atoms with Crippen molar-refractivity contribution in [2.45, 2.75) is 13.3 Å². The van der Waals surface area contributed by atoms with Crippen molar-refractivity contribution < 1.29 is 9.90 Å². The first-order valence-corrected chi connectivity index (χ1v) is 7.40. The van der Waals surface area contributed by atoms with Crippen LogP contribution < -0.4 is 0 Å². The summed E-state index contributed by atoms with van der Waals surface area (Å²) in [6, 6.07) is 11.9. The minimum absolute atomic E-state index is 0.103. The Hall–Kier alpha value is -2.13. The van der Waals surface area contributed by atoms with Crippen LogP contribution >= 0.6 is 11.3 Å². The zero-order chi connectivity index (χ0) is 14.1. The second-order valence-corrected chi connectivity index (χ2v) is 5.60. The van der Waals surface area contributed by atoms with Gasteiger partial charge in [0.2, 0.25) is 0 Å². The lowest BCUT2D eigenvalue weighted by atomic mass is 9.97. The van der Waals surface area contributed by atoms with E-state index in [-0.39, 0.29) is 5.75 Å². The number of aldehydes is 1. The van der Waals surface area contributed by atoms with E-state index < -0.39 is 0 Å². The number of fused-ring (bicyclic) bond motifs is 1. The quantitative estimate of drug-likeness (QED) is 0.710. The number of aryl methyl sites for hydroxylation is 1. The minimum Gasteiger partial charge on any atom is -0.507 e. The SMILES string of the molecule is CCc1cc(-c2csc3ccccc23)cc(C=O)c1O. The van der Waals surface area contributed by atoms with Crippen molar-refractivity contribution in [1.29, 1.82) is 0 Å². The maximum absolute atomic E-state index is 11.1. The Bertz CT molecular complexity index is 787. The van der Waals surface area contributed by atoms with Crippen molar-refractivity contribution in [3.8, 4) is 16.9 Å². The van der Waals surface area contributed by atoms with Crippen molar-refractivity contribution in [1.82, 2.24) is 0 Å². The number of hydrogen-bond donors (Lipinski definition) is 1. The van der Waals surface area contributed by atoms with E-state index in [4.69, 9.17) is 0 Å². The van der Waals surface area contributed by atoms with Crippen molar-refractivity contribution in [3.63, 3.8) is 0 Å². The number of carbonyl (C=O) groups is 1. The molecule has 3 heteroatoms. The molecular formula is C17H14O2S. The van der Waals surface area contributed by atoms with Crippen LogP contribution in [0.1, 0.15) is 22.8 Å². The Morgan fingerprint density at radius 1 is 1.25 bits per heavy atom. The van der Waals surface area contributed by atoms with E-state index in [1.807, 2.05) is 25.1 Å². The van der Waals surface area contributed by atoms with Crippen LogP contribution in [0.2, 0.25) is 0 Å². The molecule has 0 aliphatic rings. The van der Waals surface area contributed by atoms with Crippen LogP contribution in [0.15, 0.2) is 41.8 Å². The van der Waals surface area contributed by atoms with Gasteiger partial charge in [0.15, 0.2) is 6.29 Å². The smallest absolute Gasteiger partial charge is 0.153 e. The van der Waals surface area contributed by atoms with Crippen LogP contribution in [-0.2, 0) is 6.42 Å². The fraction of sp³-hybridized carbons (Fsp3) is 0.118. The molecule has 0 aliphatic heterocycles. The van der Waals surface area contributed by atoms with Gasteiger partial charge in [0.25, 0.3) is 0 Å². The molecule has 0 saturated carbocycles. The molecule has 0 unspecified atom stereocenters. The van der Waals surface area contributed by atoms with E-state index in [2.05, 4.69) is 17.5 Å². The molecule has 0 fully saturated rings. The van der Waals surface area contributed by atoms with E-state index in [0.717, 1.165) is 16.7 Å². The molecule has 1 heterocycles. The number of benzene rings is 2. The van der Waals surface area contributed by atoms with Crippen molar-refractivity contribution >= 4 is 27.7 Å². The number of phenolic OH excluding ortho intramolecular Hbond substituents is 1. The second kappa shape index (κ2) is 5.10. The first-order valence-electron chi connectivity index (χ1n) is 6.52. The van der Waals surface area contributed by atoms with Gasteiger partial charge in [0.05, 0.1) is 5.56 Å². The summed E-state index contributed by atoms with van der Waals surface area (Å²) < 4.78 is 1.22. The van der Waals surface area contributed by atoms with Crippen LogP contribution in [0.5, 0.6) is 5.75 Å². The summed E-state index contributed by atoms with van der Waals surface area (Å²) in [4.78, 5) is 11.1. The van der Waals surface area contributed by atoms with Gasteiger partial charge in [-0.2, -0.15) is 0 Å².